The van der Waals surface area contributed by atoms with E-state index >= 15 is 0 Å². The Labute approximate surface area is 108 Å². The molecule has 1 aromatic rings. The highest BCUT2D eigenvalue weighted by Crippen LogP contribution is 2.20. The van der Waals surface area contributed by atoms with Gasteiger partial charge in [0.25, 0.3) is 0 Å². The van der Waals surface area contributed by atoms with Crippen LogP contribution in [0.3, 0.4) is 0 Å². The molecule has 0 radical (unpaired) electrons. The molecule has 0 spiro atoms. The third-order valence-electron chi connectivity index (χ3n) is 3.33. The van der Waals surface area contributed by atoms with Crippen molar-refractivity contribution in [1.29, 1.82) is 0 Å². The molecular weight excluding hydrogens is 237 g/mol. The lowest BCUT2D eigenvalue weighted by atomic mass is 9.97. The number of benzene rings is 1. The van der Waals surface area contributed by atoms with Crippen LogP contribution in [0.25, 0.3) is 0 Å². The first-order chi connectivity index (χ1) is 7.91. The topological polar surface area (TPSA) is 12.0 Å². The van der Waals surface area contributed by atoms with Crippen molar-refractivity contribution in [2.24, 2.45) is 11.8 Å². The number of rotatable bonds is 5. The van der Waals surface area contributed by atoms with Crippen molar-refractivity contribution in [1.82, 2.24) is 5.32 Å². The minimum absolute atomic E-state index is 0.142. The van der Waals surface area contributed by atoms with Gasteiger partial charge in [0.2, 0.25) is 0 Å². The Hall–Kier alpha value is -0.600. The molecule has 2 atom stereocenters. The highest BCUT2D eigenvalue weighted by Gasteiger charge is 2.11. The van der Waals surface area contributed by atoms with Crippen molar-refractivity contribution in [2.45, 2.75) is 33.7 Å². The fourth-order valence-electron chi connectivity index (χ4n) is 1.50. The van der Waals surface area contributed by atoms with Crippen molar-refractivity contribution in [3.05, 3.63) is 34.6 Å². The molecule has 0 aromatic heterocycles. The van der Waals surface area contributed by atoms with Crippen LogP contribution >= 0.6 is 11.6 Å². The van der Waals surface area contributed by atoms with E-state index in [9.17, 15) is 4.39 Å². The van der Waals surface area contributed by atoms with Gasteiger partial charge >= 0.3 is 0 Å². The zero-order chi connectivity index (χ0) is 13.0. The summed E-state index contributed by atoms with van der Waals surface area (Å²) in [5.41, 5.74) is 0.933. The average molecular weight is 258 g/mol. The molecule has 1 aromatic carbocycles. The average Bonchev–Trinajstić information content (AvgIpc) is 2.28. The van der Waals surface area contributed by atoms with Crippen molar-refractivity contribution in [3.63, 3.8) is 0 Å². The van der Waals surface area contributed by atoms with Gasteiger partial charge in [-0.1, -0.05) is 38.4 Å². The Morgan fingerprint density at radius 3 is 2.41 bits per heavy atom. The molecule has 96 valence electrons. The molecule has 0 aliphatic heterocycles. The maximum absolute atomic E-state index is 13.3. The second-order valence-corrected chi connectivity index (χ2v) is 5.43. The van der Waals surface area contributed by atoms with E-state index in [-0.39, 0.29) is 16.9 Å². The zero-order valence-corrected chi connectivity index (χ0v) is 11.7. The molecule has 0 fully saturated rings. The standard InChI is InChI=1S/C14H21ClFN/c1-9(2)10(3)8-17-11(4)12-5-6-13(15)14(16)7-12/h5-7,9-11,17H,8H2,1-4H3. The van der Waals surface area contributed by atoms with E-state index in [1.807, 2.05) is 13.0 Å². The SMILES string of the molecule is CC(NCC(C)C(C)C)c1ccc(Cl)c(F)c1. The molecule has 0 heterocycles. The maximum atomic E-state index is 13.3. The van der Waals surface area contributed by atoms with Gasteiger partial charge in [0.15, 0.2) is 0 Å². The third-order valence-corrected chi connectivity index (χ3v) is 3.63. The van der Waals surface area contributed by atoms with Gasteiger partial charge in [0.05, 0.1) is 5.02 Å². The quantitative estimate of drug-likeness (QED) is 0.823. The molecule has 0 aliphatic rings. The Morgan fingerprint density at radius 2 is 1.88 bits per heavy atom. The fraction of sp³-hybridized carbons (Fsp3) is 0.571. The molecule has 0 aliphatic carbocycles. The molecule has 17 heavy (non-hydrogen) atoms. The van der Waals surface area contributed by atoms with Gasteiger partial charge in [-0.05, 0) is 43.0 Å². The monoisotopic (exact) mass is 257 g/mol. The van der Waals surface area contributed by atoms with Crippen LogP contribution in [0.15, 0.2) is 18.2 Å². The van der Waals surface area contributed by atoms with Gasteiger partial charge in [-0.25, -0.2) is 4.39 Å². The summed E-state index contributed by atoms with van der Waals surface area (Å²) in [6.07, 6.45) is 0. The number of halogens is 2. The van der Waals surface area contributed by atoms with Gasteiger partial charge in [-0.3, -0.25) is 0 Å². The lowest BCUT2D eigenvalue weighted by molar-refractivity contribution is 0.375. The van der Waals surface area contributed by atoms with E-state index in [0.29, 0.717) is 11.8 Å². The summed E-state index contributed by atoms with van der Waals surface area (Å²) in [6, 6.07) is 5.11. The summed E-state index contributed by atoms with van der Waals surface area (Å²) >= 11 is 5.66. The molecule has 0 saturated heterocycles. The van der Waals surface area contributed by atoms with Crippen LogP contribution in [-0.2, 0) is 0 Å². The van der Waals surface area contributed by atoms with Crippen LogP contribution in [0, 0.1) is 17.7 Å². The number of hydrogen-bond acceptors (Lipinski definition) is 1. The molecule has 1 rings (SSSR count). The smallest absolute Gasteiger partial charge is 0.142 e. The van der Waals surface area contributed by atoms with E-state index in [2.05, 4.69) is 26.1 Å². The largest absolute Gasteiger partial charge is 0.310 e. The van der Waals surface area contributed by atoms with Gasteiger partial charge in [0.1, 0.15) is 5.82 Å². The fourth-order valence-corrected chi connectivity index (χ4v) is 1.62. The minimum atomic E-state index is -0.352. The molecule has 0 amide bonds. The predicted molar refractivity (Wildman–Crippen MR) is 71.8 cm³/mol. The normalized spacial score (nSPS) is 15.0. The summed E-state index contributed by atoms with van der Waals surface area (Å²) in [4.78, 5) is 0. The summed E-state index contributed by atoms with van der Waals surface area (Å²) in [5.74, 6) is 0.904. The minimum Gasteiger partial charge on any atom is -0.310 e. The summed E-state index contributed by atoms with van der Waals surface area (Å²) in [6.45, 7) is 9.60. The van der Waals surface area contributed by atoms with Crippen LogP contribution < -0.4 is 5.32 Å². The van der Waals surface area contributed by atoms with Crippen LogP contribution in [0.2, 0.25) is 5.02 Å². The molecule has 0 bridgehead atoms. The maximum Gasteiger partial charge on any atom is 0.142 e. The molecule has 2 unspecified atom stereocenters. The molecular formula is C14H21ClFN. The Bertz CT molecular complexity index is 365. The Balaban J connectivity index is 2.58. The Kier molecular flexibility index (Phi) is 5.41. The highest BCUT2D eigenvalue weighted by molar-refractivity contribution is 6.30. The van der Waals surface area contributed by atoms with Crippen LogP contribution in [0.5, 0.6) is 0 Å². The first kappa shape index (κ1) is 14.5. The molecule has 1 N–H and O–H groups in total. The number of nitrogens with one attached hydrogen (secondary N) is 1. The highest BCUT2D eigenvalue weighted by atomic mass is 35.5. The lowest BCUT2D eigenvalue weighted by Gasteiger charge is -2.20. The van der Waals surface area contributed by atoms with Crippen LogP contribution in [0.4, 0.5) is 4.39 Å². The van der Waals surface area contributed by atoms with Crippen LogP contribution in [0.1, 0.15) is 39.3 Å². The zero-order valence-electron chi connectivity index (χ0n) is 10.9. The lowest BCUT2D eigenvalue weighted by Crippen LogP contribution is -2.26. The summed E-state index contributed by atoms with van der Waals surface area (Å²) < 4.78 is 13.3. The molecule has 3 heteroatoms. The number of hydrogen-bond donors (Lipinski definition) is 1. The van der Waals surface area contributed by atoms with Crippen molar-refractivity contribution in [2.75, 3.05) is 6.54 Å². The van der Waals surface area contributed by atoms with Crippen molar-refractivity contribution >= 4 is 11.6 Å². The van der Waals surface area contributed by atoms with E-state index in [1.165, 1.54) is 6.07 Å². The summed E-state index contributed by atoms with van der Waals surface area (Å²) in [7, 11) is 0. The second kappa shape index (κ2) is 6.36. The van der Waals surface area contributed by atoms with Gasteiger partial charge in [-0.2, -0.15) is 0 Å². The van der Waals surface area contributed by atoms with E-state index in [0.717, 1.165) is 12.1 Å². The van der Waals surface area contributed by atoms with Gasteiger partial charge in [0, 0.05) is 6.04 Å². The van der Waals surface area contributed by atoms with E-state index < -0.39 is 0 Å². The third kappa shape index (κ3) is 4.29. The molecule has 0 saturated carbocycles. The first-order valence-corrected chi connectivity index (χ1v) is 6.48. The van der Waals surface area contributed by atoms with Crippen molar-refractivity contribution in [3.8, 4) is 0 Å². The first-order valence-electron chi connectivity index (χ1n) is 6.10. The van der Waals surface area contributed by atoms with Crippen molar-refractivity contribution < 1.29 is 4.39 Å². The van der Waals surface area contributed by atoms with Crippen LogP contribution in [-0.4, -0.2) is 6.54 Å². The predicted octanol–water partition coefficient (Wildman–Crippen LogP) is 4.42. The van der Waals surface area contributed by atoms with Gasteiger partial charge < -0.3 is 5.32 Å². The van der Waals surface area contributed by atoms with E-state index in [4.69, 9.17) is 11.6 Å². The van der Waals surface area contributed by atoms with Gasteiger partial charge in [-0.15, -0.1) is 0 Å². The summed E-state index contributed by atoms with van der Waals surface area (Å²) in [5, 5.41) is 3.59. The second-order valence-electron chi connectivity index (χ2n) is 5.02. The van der Waals surface area contributed by atoms with E-state index in [1.54, 1.807) is 6.07 Å². The Morgan fingerprint density at radius 1 is 1.24 bits per heavy atom. The molecule has 1 nitrogen and oxygen atoms in total.